The summed E-state index contributed by atoms with van der Waals surface area (Å²) in [5.41, 5.74) is 1.55. The Balaban J connectivity index is 1.22. The van der Waals surface area contributed by atoms with Crippen LogP contribution >= 0.6 is 0 Å². The molecule has 5 rings (SSSR count). The first kappa shape index (κ1) is 28.5. The lowest BCUT2D eigenvalue weighted by Crippen LogP contribution is -2.58. The third kappa shape index (κ3) is 5.88. The smallest absolute Gasteiger partial charge is 0.257 e. The molecule has 0 radical (unpaired) electrons. The molecule has 2 amide bonds. The van der Waals surface area contributed by atoms with E-state index in [2.05, 4.69) is 0 Å². The van der Waals surface area contributed by atoms with E-state index < -0.39 is 28.9 Å². The number of rotatable bonds is 6. The van der Waals surface area contributed by atoms with Crippen LogP contribution < -0.4 is 9.47 Å². The highest BCUT2D eigenvalue weighted by Crippen LogP contribution is 2.35. The van der Waals surface area contributed by atoms with Crippen molar-refractivity contribution in [1.82, 2.24) is 9.80 Å². The van der Waals surface area contributed by atoms with Crippen LogP contribution in [0.25, 0.3) is 0 Å². The third-order valence-corrected chi connectivity index (χ3v) is 7.80. The van der Waals surface area contributed by atoms with Crippen LogP contribution in [0.15, 0.2) is 54.6 Å². The predicted octanol–water partition coefficient (Wildman–Crippen LogP) is 4.86. The number of methoxy groups -OCH3 is 2. The van der Waals surface area contributed by atoms with Gasteiger partial charge in [-0.3, -0.25) is 9.59 Å². The summed E-state index contributed by atoms with van der Waals surface area (Å²) in [5.74, 6) is -4.04. The second-order valence-corrected chi connectivity index (χ2v) is 10.3. The normalized spacial score (nSPS) is 16.5. The van der Waals surface area contributed by atoms with Gasteiger partial charge in [0.2, 0.25) is 5.82 Å². The minimum absolute atomic E-state index is 0.0931. The van der Waals surface area contributed by atoms with E-state index in [1.54, 1.807) is 29.2 Å². The molecule has 1 spiro atoms. The fourth-order valence-electron chi connectivity index (χ4n) is 5.47. The van der Waals surface area contributed by atoms with Gasteiger partial charge in [0.05, 0.1) is 38.5 Å². The molecule has 2 heterocycles. The van der Waals surface area contributed by atoms with Gasteiger partial charge in [-0.2, -0.15) is 4.39 Å². The largest absolute Gasteiger partial charge is 0.494 e. The van der Waals surface area contributed by atoms with E-state index in [0.29, 0.717) is 37.9 Å². The van der Waals surface area contributed by atoms with Crippen molar-refractivity contribution >= 4 is 11.8 Å². The zero-order valence-electron chi connectivity index (χ0n) is 22.9. The molecule has 0 unspecified atom stereocenters. The number of piperidine rings is 1. The lowest BCUT2D eigenvalue weighted by molar-refractivity contribution is -0.123. The average molecular weight is 569 g/mol. The maximum Gasteiger partial charge on any atom is 0.257 e. The van der Waals surface area contributed by atoms with Gasteiger partial charge in [0, 0.05) is 25.2 Å². The number of benzene rings is 3. The summed E-state index contributed by atoms with van der Waals surface area (Å²) in [7, 11) is 2.35. The van der Waals surface area contributed by atoms with Crippen LogP contribution in [0.5, 0.6) is 11.5 Å². The maximum atomic E-state index is 15.0. The summed E-state index contributed by atoms with van der Waals surface area (Å²) in [6.45, 7) is 1.59. The Bertz CT molecular complexity index is 1420. The molecule has 3 aromatic rings. The van der Waals surface area contributed by atoms with E-state index in [4.69, 9.17) is 14.2 Å². The molecule has 0 aliphatic carbocycles. The van der Waals surface area contributed by atoms with Crippen molar-refractivity contribution in [3.63, 3.8) is 0 Å². The van der Waals surface area contributed by atoms with E-state index in [1.165, 1.54) is 24.1 Å². The Hall–Kier alpha value is -4.05. The quantitative estimate of drug-likeness (QED) is 0.425. The summed E-state index contributed by atoms with van der Waals surface area (Å²) >= 11 is 0. The second kappa shape index (κ2) is 11.8. The van der Waals surface area contributed by atoms with Crippen molar-refractivity contribution in [2.24, 2.45) is 0 Å². The molecular formula is C31H31F3N2O5. The Kier molecular flexibility index (Phi) is 8.21. The van der Waals surface area contributed by atoms with Crippen molar-refractivity contribution < 1.29 is 37.0 Å². The van der Waals surface area contributed by atoms with Crippen LogP contribution in [0.1, 0.15) is 44.7 Å². The predicted molar refractivity (Wildman–Crippen MR) is 145 cm³/mol. The fourth-order valence-corrected chi connectivity index (χ4v) is 5.47. The highest BCUT2D eigenvalue weighted by atomic mass is 19.1. The molecular weight excluding hydrogens is 537 g/mol. The first-order valence-electron chi connectivity index (χ1n) is 13.4. The molecule has 3 aromatic carbocycles. The van der Waals surface area contributed by atoms with Crippen molar-refractivity contribution in [2.45, 2.75) is 24.9 Å². The molecule has 10 heteroatoms. The number of ether oxygens (including phenoxy) is 3. The molecule has 41 heavy (non-hydrogen) atoms. The monoisotopic (exact) mass is 568 g/mol. The highest BCUT2D eigenvalue weighted by Gasteiger charge is 2.42. The van der Waals surface area contributed by atoms with Gasteiger partial charge in [-0.1, -0.05) is 24.3 Å². The minimum Gasteiger partial charge on any atom is -0.494 e. The third-order valence-electron chi connectivity index (χ3n) is 7.80. The molecule has 0 N–H and O–H groups in total. The van der Waals surface area contributed by atoms with E-state index in [1.807, 2.05) is 12.1 Å². The van der Waals surface area contributed by atoms with Gasteiger partial charge in [0.15, 0.2) is 17.3 Å². The number of hydrogen-bond acceptors (Lipinski definition) is 5. The maximum absolute atomic E-state index is 15.0. The fraction of sp³-hybridized carbons (Fsp3) is 0.355. The van der Waals surface area contributed by atoms with Crippen LogP contribution in [-0.2, 0) is 11.2 Å². The summed E-state index contributed by atoms with van der Waals surface area (Å²) in [6.07, 6.45) is 1.64. The van der Waals surface area contributed by atoms with Gasteiger partial charge in [-0.25, -0.2) is 8.78 Å². The molecule has 2 fully saturated rings. The van der Waals surface area contributed by atoms with E-state index in [0.717, 1.165) is 24.3 Å². The summed E-state index contributed by atoms with van der Waals surface area (Å²) in [5, 5.41) is 0. The number of nitrogens with zero attached hydrogens (tertiary/aromatic N) is 2. The van der Waals surface area contributed by atoms with Crippen molar-refractivity contribution in [3.8, 4) is 11.5 Å². The second-order valence-electron chi connectivity index (χ2n) is 10.3. The minimum atomic E-state index is -1.08. The Labute approximate surface area is 236 Å². The summed E-state index contributed by atoms with van der Waals surface area (Å²) < 4.78 is 58.4. The van der Waals surface area contributed by atoms with E-state index in [9.17, 15) is 22.8 Å². The molecule has 7 nitrogen and oxygen atoms in total. The van der Waals surface area contributed by atoms with Gasteiger partial charge >= 0.3 is 0 Å². The molecule has 0 aromatic heterocycles. The number of hydrogen-bond donors (Lipinski definition) is 0. The highest BCUT2D eigenvalue weighted by molar-refractivity contribution is 5.96. The summed E-state index contributed by atoms with van der Waals surface area (Å²) in [4.78, 5) is 29.8. The average Bonchev–Trinajstić information content (AvgIpc) is 2.99. The molecule has 0 saturated carbocycles. The number of morpholine rings is 1. The summed E-state index contributed by atoms with van der Waals surface area (Å²) in [6, 6.07) is 14.8. The first-order valence-corrected chi connectivity index (χ1v) is 13.4. The number of halogens is 3. The van der Waals surface area contributed by atoms with Gasteiger partial charge < -0.3 is 24.0 Å². The van der Waals surface area contributed by atoms with Crippen LogP contribution in [0.4, 0.5) is 13.2 Å². The molecule has 216 valence electrons. The van der Waals surface area contributed by atoms with Gasteiger partial charge in [0.1, 0.15) is 5.82 Å². The molecule has 0 bridgehead atoms. The van der Waals surface area contributed by atoms with Crippen LogP contribution in [0.2, 0.25) is 0 Å². The van der Waals surface area contributed by atoms with Gasteiger partial charge in [-0.15, -0.1) is 0 Å². The van der Waals surface area contributed by atoms with Crippen molar-refractivity contribution in [1.29, 1.82) is 0 Å². The molecule has 2 aliphatic rings. The SMILES string of the molecule is COc1cc(C(=O)N2CCOC3(CCN(C(=O)c4ccc(Cc5ccc(F)cc5)cc4)CC3)C2)c(F)c(OC)c1F. The van der Waals surface area contributed by atoms with Gasteiger partial charge in [-0.05, 0) is 60.7 Å². The number of carbonyl (C=O) groups excluding carboxylic acids is 2. The number of carbonyl (C=O) groups is 2. The zero-order valence-corrected chi connectivity index (χ0v) is 22.9. The van der Waals surface area contributed by atoms with E-state index >= 15 is 0 Å². The zero-order chi connectivity index (χ0) is 29.1. The van der Waals surface area contributed by atoms with Crippen LogP contribution in [-0.4, -0.2) is 74.2 Å². The number of likely N-dealkylation sites (tertiary alicyclic amines) is 1. The lowest BCUT2D eigenvalue weighted by atomic mass is 9.88. The Morgan fingerprint density at radius 3 is 2.07 bits per heavy atom. The standard InChI is InChI=1S/C31H31F3N2O5/c1-39-25-18-24(26(33)28(40-2)27(25)34)30(38)36-15-16-41-31(19-36)11-13-35(14-12-31)29(37)22-7-3-20(4-8-22)17-21-5-9-23(32)10-6-21/h3-10,18H,11-17,19H2,1-2H3. The Morgan fingerprint density at radius 2 is 1.46 bits per heavy atom. The first-order chi connectivity index (χ1) is 19.7. The molecule has 2 saturated heterocycles. The topological polar surface area (TPSA) is 68.3 Å². The Morgan fingerprint density at radius 1 is 0.829 bits per heavy atom. The lowest BCUT2D eigenvalue weighted by Gasteiger charge is -2.47. The molecule has 2 aliphatic heterocycles. The molecule has 0 atom stereocenters. The van der Waals surface area contributed by atoms with Crippen LogP contribution in [0, 0.1) is 17.5 Å². The van der Waals surface area contributed by atoms with Gasteiger partial charge in [0.25, 0.3) is 11.8 Å². The van der Waals surface area contributed by atoms with Crippen LogP contribution in [0.3, 0.4) is 0 Å². The number of amides is 2. The van der Waals surface area contributed by atoms with Crippen molar-refractivity contribution in [2.75, 3.05) is 47.0 Å². The van der Waals surface area contributed by atoms with Crippen molar-refractivity contribution in [3.05, 3.63) is 94.3 Å². The van der Waals surface area contributed by atoms with E-state index in [-0.39, 0.29) is 42.7 Å².